The molecule has 2 atom stereocenters. The van der Waals surface area contributed by atoms with Crippen molar-refractivity contribution in [3.05, 3.63) is 65.7 Å². The molecule has 2 unspecified atom stereocenters. The summed E-state index contributed by atoms with van der Waals surface area (Å²) in [5, 5.41) is 3.63. The summed E-state index contributed by atoms with van der Waals surface area (Å²) in [6.45, 7) is 7.32. The minimum atomic E-state index is 0.270. The van der Waals surface area contributed by atoms with Gasteiger partial charge in [-0.05, 0) is 43.0 Å². The highest BCUT2D eigenvalue weighted by Gasteiger charge is 2.08. The van der Waals surface area contributed by atoms with Crippen molar-refractivity contribution in [1.82, 2.24) is 5.32 Å². The number of rotatable bonds is 8. The zero-order valence-electron chi connectivity index (χ0n) is 13.9. The Bertz CT molecular complexity index is 535. The first-order valence-corrected chi connectivity index (χ1v) is 8.26. The largest absolute Gasteiger partial charge is 0.491 e. The first-order chi connectivity index (χ1) is 10.7. The van der Waals surface area contributed by atoms with E-state index in [1.165, 1.54) is 11.1 Å². The fourth-order valence-corrected chi connectivity index (χ4v) is 2.43. The van der Waals surface area contributed by atoms with Gasteiger partial charge in [-0.2, -0.15) is 0 Å². The van der Waals surface area contributed by atoms with Gasteiger partial charge in [0.1, 0.15) is 5.75 Å². The Labute approximate surface area is 134 Å². The Morgan fingerprint density at radius 1 is 0.909 bits per heavy atom. The maximum absolute atomic E-state index is 5.81. The number of hydrogen-bond acceptors (Lipinski definition) is 2. The van der Waals surface area contributed by atoms with Crippen molar-refractivity contribution in [2.75, 3.05) is 0 Å². The summed E-state index contributed by atoms with van der Waals surface area (Å²) >= 11 is 0. The summed E-state index contributed by atoms with van der Waals surface area (Å²) in [6, 6.07) is 19.4. The predicted octanol–water partition coefficient (Wildman–Crippen LogP) is 5.10. The van der Waals surface area contributed by atoms with Gasteiger partial charge in [0.25, 0.3) is 0 Å². The lowest BCUT2D eigenvalue weighted by molar-refractivity contribution is 0.217. The molecule has 0 fully saturated rings. The lowest BCUT2D eigenvalue weighted by Crippen LogP contribution is -2.20. The minimum absolute atomic E-state index is 0.270. The van der Waals surface area contributed by atoms with E-state index in [0.717, 1.165) is 25.1 Å². The Kier molecular flexibility index (Phi) is 6.47. The fourth-order valence-electron chi connectivity index (χ4n) is 2.43. The second-order valence-corrected chi connectivity index (χ2v) is 5.73. The van der Waals surface area contributed by atoms with Crippen LogP contribution in [0.1, 0.15) is 50.8 Å². The summed E-state index contributed by atoms with van der Waals surface area (Å²) in [5.41, 5.74) is 2.63. The van der Waals surface area contributed by atoms with Gasteiger partial charge >= 0.3 is 0 Å². The molecule has 0 amide bonds. The van der Waals surface area contributed by atoms with Gasteiger partial charge in [-0.1, -0.05) is 56.3 Å². The van der Waals surface area contributed by atoms with Crippen LogP contribution in [0.4, 0.5) is 0 Å². The molecule has 0 saturated heterocycles. The van der Waals surface area contributed by atoms with Crippen LogP contribution in [0.3, 0.4) is 0 Å². The quantitative estimate of drug-likeness (QED) is 0.731. The normalized spacial score (nSPS) is 13.6. The van der Waals surface area contributed by atoms with E-state index < -0.39 is 0 Å². The molecule has 0 radical (unpaired) electrons. The van der Waals surface area contributed by atoms with Gasteiger partial charge in [-0.15, -0.1) is 0 Å². The van der Waals surface area contributed by atoms with Gasteiger partial charge in [-0.3, -0.25) is 0 Å². The predicted molar refractivity (Wildman–Crippen MR) is 93.1 cm³/mol. The van der Waals surface area contributed by atoms with Crippen molar-refractivity contribution in [1.29, 1.82) is 0 Å². The van der Waals surface area contributed by atoms with Crippen LogP contribution in [0.2, 0.25) is 0 Å². The zero-order chi connectivity index (χ0) is 15.8. The highest BCUT2D eigenvalue weighted by molar-refractivity contribution is 5.27. The Balaban J connectivity index is 1.90. The summed E-state index contributed by atoms with van der Waals surface area (Å²) < 4.78 is 5.81. The van der Waals surface area contributed by atoms with Crippen molar-refractivity contribution < 1.29 is 4.74 Å². The molecule has 2 rings (SSSR count). The molecule has 0 saturated carbocycles. The first kappa shape index (κ1) is 16.6. The molecule has 118 valence electrons. The summed E-state index contributed by atoms with van der Waals surface area (Å²) in [5.74, 6) is 0.952. The minimum Gasteiger partial charge on any atom is -0.491 e. The molecule has 0 aliphatic heterocycles. The number of ether oxygens (including phenoxy) is 1. The van der Waals surface area contributed by atoms with Gasteiger partial charge in [-0.25, -0.2) is 0 Å². The standard InChI is InChI=1S/C20H27NO/c1-4-16(3)22-19-13-11-17(12-14-19)15-21-20(5-2)18-9-7-6-8-10-18/h6-14,16,20-21H,4-5,15H2,1-3H3. The maximum Gasteiger partial charge on any atom is 0.119 e. The zero-order valence-corrected chi connectivity index (χ0v) is 13.9. The molecule has 0 aromatic heterocycles. The third-order valence-electron chi connectivity index (χ3n) is 4.00. The molecule has 2 aromatic rings. The average Bonchev–Trinajstić information content (AvgIpc) is 2.57. The monoisotopic (exact) mass is 297 g/mol. The van der Waals surface area contributed by atoms with Crippen molar-refractivity contribution in [2.24, 2.45) is 0 Å². The summed E-state index contributed by atoms with van der Waals surface area (Å²) in [7, 11) is 0. The first-order valence-electron chi connectivity index (χ1n) is 8.26. The van der Waals surface area contributed by atoms with Gasteiger partial charge in [0, 0.05) is 12.6 Å². The second kappa shape index (κ2) is 8.60. The van der Waals surface area contributed by atoms with Crippen LogP contribution in [-0.2, 0) is 6.54 Å². The number of hydrogen-bond donors (Lipinski definition) is 1. The molecule has 0 heterocycles. The molecule has 0 aliphatic rings. The van der Waals surface area contributed by atoms with Gasteiger partial charge in [0.15, 0.2) is 0 Å². The van der Waals surface area contributed by atoms with E-state index in [9.17, 15) is 0 Å². The van der Waals surface area contributed by atoms with Crippen molar-refractivity contribution in [2.45, 2.75) is 52.3 Å². The molecule has 0 bridgehead atoms. The average molecular weight is 297 g/mol. The molecule has 0 aliphatic carbocycles. The van der Waals surface area contributed by atoms with Crippen LogP contribution in [-0.4, -0.2) is 6.10 Å². The van der Waals surface area contributed by atoms with E-state index in [1.807, 2.05) is 0 Å². The fraction of sp³-hybridized carbons (Fsp3) is 0.400. The van der Waals surface area contributed by atoms with Gasteiger partial charge in [0.05, 0.1) is 6.10 Å². The van der Waals surface area contributed by atoms with Crippen LogP contribution in [0.25, 0.3) is 0 Å². The van der Waals surface area contributed by atoms with Crippen LogP contribution < -0.4 is 10.1 Å². The summed E-state index contributed by atoms with van der Waals surface area (Å²) in [6.07, 6.45) is 2.38. The van der Waals surface area contributed by atoms with Crippen LogP contribution >= 0.6 is 0 Å². The maximum atomic E-state index is 5.81. The number of benzene rings is 2. The molecule has 0 spiro atoms. The van der Waals surface area contributed by atoms with Crippen molar-refractivity contribution >= 4 is 0 Å². The van der Waals surface area contributed by atoms with Gasteiger partial charge < -0.3 is 10.1 Å². The SMILES string of the molecule is CCC(C)Oc1ccc(CNC(CC)c2ccccc2)cc1. The topological polar surface area (TPSA) is 21.3 Å². The second-order valence-electron chi connectivity index (χ2n) is 5.73. The van der Waals surface area contributed by atoms with E-state index in [1.54, 1.807) is 0 Å². The lowest BCUT2D eigenvalue weighted by atomic mass is 10.0. The Morgan fingerprint density at radius 3 is 2.18 bits per heavy atom. The molecule has 2 heteroatoms. The van der Waals surface area contributed by atoms with Crippen LogP contribution in [0.5, 0.6) is 5.75 Å². The smallest absolute Gasteiger partial charge is 0.119 e. The third-order valence-corrected chi connectivity index (χ3v) is 4.00. The van der Waals surface area contributed by atoms with Crippen LogP contribution in [0.15, 0.2) is 54.6 Å². The molecule has 2 aromatic carbocycles. The molecular weight excluding hydrogens is 270 g/mol. The summed E-state index contributed by atoms with van der Waals surface area (Å²) in [4.78, 5) is 0. The van der Waals surface area contributed by atoms with Crippen molar-refractivity contribution in [3.63, 3.8) is 0 Å². The highest BCUT2D eigenvalue weighted by atomic mass is 16.5. The van der Waals surface area contributed by atoms with E-state index in [2.05, 4.69) is 80.7 Å². The molecule has 2 nitrogen and oxygen atoms in total. The molecular formula is C20H27NO. The molecule has 22 heavy (non-hydrogen) atoms. The van der Waals surface area contributed by atoms with Gasteiger partial charge in [0.2, 0.25) is 0 Å². The highest BCUT2D eigenvalue weighted by Crippen LogP contribution is 2.18. The van der Waals surface area contributed by atoms with E-state index in [4.69, 9.17) is 4.74 Å². The Morgan fingerprint density at radius 2 is 1.59 bits per heavy atom. The van der Waals surface area contributed by atoms with E-state index in [-0.39, 0.29) is 6.10 Å². The van der Waals surface area contributed by atoms with Crippen LogP contribution in [0, 0.1) is 0 Å². The van der Waals surface area contributed by atoms with Crippen molar-refractivity contribution in [3.8, 4) is 5.75 Å². The lowest BCUT2D eigenvalue weighted by Gasteiger charge is -2.18. The Hall–Kier alpha value is -1.80. The third kappa shape index (κ3) is 4.88. The van der Waals surface area contributed by atoms with E-state index >= 15 is 0 Å². The molecule has 1 N–H and O–H groups in total. The number of nitrogens with one attached hydrogen (secondary N) is 1. The van der Waals surface area contributed by atoms with E-state index in [0.29, 0.717) is 6.04 Å².